The Labute approximate surface area is 120 Å². The third-order valence-electron chi connectivity index (χ3n) is 1.62. The second-order valence-electron chi connectivity index (χ2n) is 3.04. The molecule has 18 heavy (non-hydrogen) atoms. The Balaban J connectivity index is 2.64. The van der Waals surface area contributed by atoms with Crippen LogP contribution in [0.25, 0.3) is 0 Å². The predicted molar refractivity (Wildman–Crippen MR) is 68.8 cm³/mol. The molecule has 1 aromatic rings. The molecule has 102 valence electrons. The van der Waals surface area contributed by atoms with E-state index in [0.29, 0.717) is 5.75 Å². The molecule has 0 aliphatic heterocycles. The van der Waals surface area contributed by atoms with Gasteiger partial charge in [0.1, 0.15) is 18.1 Å². The van der Waals surface area contributed by atoms with Gasteiger partial charge in [-0.1, -0.05) is 34.8 Å². The molecular formula is C9H9Cl3O5S. The van der Waals surface area contributed by atoms with Gasteiger partial charge in [-0.3, -0.25) is 0 Å². The average Bonchev–Trinajstić information content (AvgIpc) is 2.26. The third-order valence-corrected chi connectivity index (χ3v) is 2.76. The molecule has 0 unspecified atom stereocenters. The first-order chi connectivity index (χ1) is 8.22. The molecule has 0 saturated carbocycles. The summed E-state index contributed by atoms with van der Waals surface area (Å²) >= 11 is 16.1. The second-order valence-corrected chi connectivity index (χ2v) is 6.78. The van der Waals surface area contributed by atoms with Crippen LogP contribution in [0.2, 0.25) is 0 Å². The van der Waals surface area contributed by atoms with Crippen molar-refractivity contribution in [2.75, 3.05) is 13.7 Å². The fourth-order valence-corrected chi connectivity index (χ4v) is 1.99. The van der Waals surface area contributed by atoms with Gasteiger partial charge in [-0.15, -0.1) is 0 Å². The minimum absolute atomic E-state index is 0.0557. The lowest BCUT2D eigenvalue weighted by molar-refractivity contribution is 0.278. The molecular weight excluding hydrogens is 327 g/mol. The molecule has 1 rings (SSSR count). The molecule has 0 aromatic heterocycles. The van der Waals surface area contributed by atoms with Crippen LogP contribution < -0.4 is 8.92 Å². The van der Waals surface area contributed by atoms with Crippen molar-refractivity contribution in [3.63, 3.8) is 0 Å². The smallest absolute Gasteiger partial charge is 0.449 e. The summed E-state index contributed by atoms with van der Waals surface area (Å²) in [6.07, 6.45) is 0. The zero-order valence-electron chi connectivity index (χ0n) is 9.10. The second kappa shape index (κ2) is 6.16. The number of benzene rings is 1. The van der Waals surface area contributed by atoms with Gasteiger partial charge in [0.25, 0.3) is 0 Å². The van der Waals surface area contributed by atoms with Crippen LogP contribution in [0.5, 0.6) is 11.5 Å². The maximum atomic E-state index is 11.3. The Kier molecular flexibility index (Phi) is 5.36. The summed E-state index contributed by atoms with van der Waals surface area (Å²) in [6.45, 7) is -0.643. The normalized spacial score (nSPS) is 12.2. The van der Waals surface area contributed by atoms with Crippen molar-refractivity contribution >= 4 is 45.2 Å². The molecule has 0 spiro atoms. The molecule has 0 saturated heterocycles. The van der Waals surface area contributed by atoms with Crippen LogP contribution in [-0.2, 0) is 14.6 Å². The molecule has 0 aliphatic carbocycles. The van der Waals surface area contributed by atoms with Crippen molar-refractivity contribution in [3.8, 4) is 11.5 Å². The van der Waals surface area contributed by atoms with Crippen molar-refractivity contribution < 1.29 is 21.5 Å². The van der Waals surface area contributed by atoms with E-state index in [-0.39, 0.29) is 5.75 Å². The molecule has 0 N–H and O–H groups in total. The lowest BCUT2D eigenvalue weighted by atomic mass is 10.3. The number of hydrogen-bond donors (Lipinski definition) is 0. The van der Waals surface area contributed by atoms with Gasteiger partial charge in [0.15, 0.2) is 0 Å². The zero-order chi connectivity index (χ0) is 13.8. The first-order valence-corrected chi connectivity index (χ1v) is 6.98. The van der Waals surface area contributed by atoms with Gasteiger partial charge in [-0.25, -0.2) is 4.18 Å². The van der Waals surface area contributed by atoms with Crippen LogP contribution in [0.4, 0.5) is 0 Å². The lowest BCUT2D eigenvalue weighted by Crippen LogP contribution is -2.21. The molecule has 0 bridgehead atoms. The first kappa shape index (κ1) is 15.7. The van der Waals surface area contributed by atoms with Crippen LogP contribution in [0.3, 0.4) is 0 Å². The summed E-state index contributed by atoms with van der Waals surface area (Å²) in [5.41, 5.74) is 0. The highest BCUT2D eigenvalue weighted by Crippen LogP contribution is 2.27. The molecule has 0 aliphatic rings. The fourth-order valence-electron chi connectivity index (χ4n) is 0.912. The van der Waals surface area contributed by atoms with Crippen LogP contribution in [-0.4, -0.2) is 25.9 Å². The Morgan fingerprint density at radius 2 is 1.61 bits per heavy atom. The Morgan fingerprint density at radius 3 is 2.06 bits per heavy atom. The minimum Gasteiger partial charge on any atom is -0.497 e. The van der Waals surface area contributed by atoms with E-state index in [1.807, 2.05) is 0 Å². The van der Waals surface area contributed by atoms with E-state index in [9.17, 15) is 8.42 Å². The van der Waals surface area contributed by atoms with Crippen molar-refractivity contribution in [1.29, 1.82) is 0 Å². The summed E-state index contributed by atoms with van der Waals surface area (Å²) in [6, 6.07) is 5.85. The Bertz CT molecular complexity index is 480. The van der Waals surface area contributed by atoms with Gasteiger partial charge >= 0.3 is 10.4 Å². The number of hydrogen-bond acceptors (Lipinski definition) is 5. The number of rotatable bonds is 5. The molecule has 0 amide bonds. The monoisotopic (exact) mass is 334 g/mol. The molecule has 0 radical (unpaired) electrons. The summed E-state index contributed by atoms with van der Waals surface area (Å²) in [5.74, 6) is 0.613. The van der Waals surface area contributed by atoms with Crippen molar-refractivity contribution in [3.05, 3.63) is 24.3 Å². The van der Waals surface area contributed by atoms with Gasteiger partial charge in [0, 0.05) is 0 Å². The van der Waals surface area contributed by atoms with E-state index in [1.165, 1.54) is 31.4 Å². The van der Waals surface area contributed by atoms with Gasteiger partial charge < -0.3 is 8.92 Å². The Hall–Kier alpha value is -0.400. The zero-order valence-corrected chi connectivity index (χ0v) is 12.2. The standard InChI is InChI=1S/C9H9Cl3O5S/c1-15-7-2-4-8(5-3-7)17-18(13,14)16-6-9(10,11)12/h2-5H,6H2,1H3. The van der Waals surface area contributed by atoms with E-state index in [4.69, 9.17) is 39.5 Å². The van der Waals surface area contributed by atoms with Gasteiger partial charge in [-0.2, -0.15) is 8.42 Å². The highest BCUT2D eigenvalue weighted by Gasteiger charge is 2.25. The van der Waals surface area contributed by atoms with Crippen LogP contribution in [0, 0.1) is 0 Å². The van der Waals surface area contributed by atoms with E-state index >= 15 is 0 Å². The number of methoxy groups -OCH3 is 1. The van der Waals surface area contributed by atoms with Crippen molar-refractivity contribution in [2.45, 2.75) is 3.79 Å². The highest BCUT2D eigenvalue weighted by atomic mass is 35.6. The van der Waals surface area contributed by atoms with Crippen molar-refractivity contribution in [2.24, 2.45) is 0 Å². The SMILES string of the molecule is COc1ccc(OS(=O)(=O)OCC(Cl)(Cl)Cl)cc1. The van der Waals surface area contributed by atoms with E-state index in [0.717, 1.165) is 0 Å². The summed E-state index contributed by atoms with van der Waals surface area (Å²) in [7, 11) is -2.80. The van der Waals surface area contributed by atoms with Crippen LogP contribution in [0.1, 0.15) is 0 Å². The predicted octanol–water partition coefficient (Wildman–Crippen LogP) is 2.71. The lowest BCUT2D eigenvalue weighted by Gasteiger charge is -2.11. The molecule has 0 atom stereocenters. The molecule has 0 heterocycles. The van der Waals surface area contributed by atoms with Gasteiger partial charge in [0.2, 0.25) is 3.79 Å². The molecule has 9 heteroatoms. The molecule has 0 fully saturated rings. The van der Waals surface area contributed by atoms with E-state index in [2.05, 4.69) is 8.37 Å². The van der Waals surface area contributed by atoms with Gasteiger partial charge in [0.05, 0.1) is 7.11 Å². The number of halogens is 3. The third kappa shape index (κ3) is 5.97. The van der Waals surface area contributed by atoms with Gasteiger partial charge in [-0.05, 0) is 24.3 Å². The molecule has 5 nitrogen and oxygen atoms in total. The largest absolute Gasteiger partial charge is 0.497 e. The minimum atomic E-state index is -4.28. The maximum absolute atomic E-state index is 11.3. The highest BCUT2D eigenvalue weighted by molar-refractivity contribution is 7.82. The average molecular weight is 336 g/mol. The quantitative estimate of drug-likeness (QED) is 0.774. The van der Waals surface area contributed by atoms with E-state index in [1.54, 1.807) is 0 Å². The number of ether oxygens (including phenoxy) is 1. The summed E-state index contributed by atoms with van der Waals surface area (Å²) in [5, 5.41) is 0. The van der Waals surface area contributed by atoms with E-state index < -0.39 is 20.8 Å². The number of alkyl halides is 3. The Morgan fingerprint density at radius 1 is 1.11 bits per heavy atom. The maximum Gasteiger partial charge on any atom is 0.449 e. The summed E-state index contributed by atoms with van der Waals surface area (Å²) in [4.78, 5) is 0. The molecule has 1 aromatic carbocycles. The van der Waals surface area contributed by atoms with Crippen LogP contribution in [0.15, 0.2) is 24.3 Å². The first-order valence-electron chi connectivity index (χ1n) is 4.51. The topological polar surface area (TPSA) is 61.8 Å². The van der Waals surface area contributed by atoms with Crippen LogP contribution >= 0.6 is 34.8 Å². The fraction of sp³-hybridized carbons (Fsp3) is 0.333. The van der Waals surface area contributed by atoms with Crippen molar-refractivity contribution in [1.82, 2.24) is 0 Å². The summed E-state index contributed by atoms with van der Waals surface area (Å²) < 4.78 is 34.8.